The molecule has 0 unspecified atom stereocenters. The molecule has 38 heavy (non-hydrogen) atoms. The van der Waals surface area contributed by atoms with E-state index in [0.29, 0.717) is 30.1 Å². The van der Waals surface area contributed by atoms with Gasteiger partial charge in [0, 0.05) is 37.0 Å². The number of fused-ring (bicyclic) bond motifs is 1. The van der Waals surface area contributed by atoms with Crippen LogP contribution in [0.2, 0.25) is 0 Å². The van der Waals surface area contributed by atoms with E-state index in [9.17, 15) is 14.7 Å². The van der Waals surface area contributed by atoms with Crippen LogP contribution >= 0.6 is 0 Å². The van der Waals surface area contributed by atoms with Gasteiger partial charge in [-0.15, -0.1) is 0 Å². The van der Waals surface area contributed by atoms with Crippen molar-refractivity contribution >= 4 is 17.6 Å². The number of amides is 3. The maximum atomic E-state index is 13.5. The molecule has 1 aromatic carbocycles. The molecule has 0 aliphatic carbocycles. The van der Waals surface area contributed by atoms with Gasteiger partial charge in [0.2, 0.25) is 5.88 Å². The predicted molar refractivity (Wildman–Crippen MR) is 145 cm³/mol. The molecule has 0 fully saturated rings. The van der Waals surface area contributed by atoms with Crippen molar-refractivity contribution in [1.29, 1.82) is 0 Å². The number of pyridine rings is 1. The van der Waals surface area contributed by atoms with Crippen LogP contribution in [0.1, 0.15) is 29.8 Å². The summed E-state index contributed by atoms with van der Waals surface area (Å²) in [5.41, 5.74) is 1.52. The number of carbonyl (C=O) groups is 2. The molecule has 0 bridgehead atoms. The Morgan fingerprint density at radius 3 is 2.66 bits per heavy atom. The number of aliphatic hydroxyl groups excluding tert-OH is 1. The van der Waals surface area contributed by atoms with E-state index >= 15 is 0 Å². The van der Waals surface area contributed by atoms with Crippen molar-refractivity contribution in [2.75, 3.05) is 59.8 Å². The molecule has 10 nitrogen and oxygen atoms in total. The average Bonchev–Trinajstić information content (AvgIpc) is 2.90. The van der Waals surface area contributed by atoms with Crippen LogP contribution in [0.25, 0.3) is 0 Å². The lowest BCUT2D eigenvalue weighted by Crippen LogP contribution is -2.50. The van der Waals surface area contributed by atoms with Gasteiger partial charge < -0.3 is 29.7 Å². The molecule has 0 spiro atoms. The van der Waals surface area contributed by atoms with Crippen molar-refractivity contribution in [1.82, 2.24) is 19.7 Å². The van der Waals surface area contributed by atoms with Crippen molar-refractivity contribution in [3.63, 3.8) is 0 Å². The fourth-order valence-corrected chi connectivity index (χ4v) is 3.93. The van der Waals surface area contributed by atoms with Crippen molar-refractivity contribution in [2.45, 2.75) is 26.0 Å². The molecule has 3 amide bonds. The fourth-order valence-electron chi connectivity index (χ4n) is 3.93. The second-order valence-corrected chi connectivity index (χ2v) is 9.78. The minimum absolute atomic E-state index is 0.154. The smallest absolute Gasteiger partial charge is 0.321 e. The number of nitrogens with zero attached hydrogens (tertiary/aromatic N) is 4. The Bertz CT molecular complexity index is 1170. The molecule has 204 valence electrons. The van der Waals surface area contributed by atoms with Crippen molar-refractivity contribution < 1.29 is 24.2 Å². The molecule has 2 heterocycles. The summed E-state index contributed by atoms with van der Waals surface area (Å²) in [5, 5.41) is 12.7. The van der Waals surface area contributed by atoms with E-state index in [-0.39, 0.29) is 42.5 Å². The first-order valence-corrected chi connectivity index (χ1v) is 12.5. The molecule has 10 heteroatoms. The summed E-state index contributed by atoms with van der Waals surface area (Å²) in [5.74, 6) is 6.54. The number of aromatic nitrogens is 1. The quantitative estimate of drug-likeness (QED) is 0.537. The first-order valence-electron chi connectivity index (χ1n) is 12.5. The minimum atomic E-state index is -0.458. The van der Waals surface area contributed by atoms with Crippen molar-refractivity contribution in [3.05, 3.63) is 47.7 Å². The maximum absolute atomic E-state index is 13.5. The highest BCUT2D eigenvalue weighted by molar-refractivity contribution is 5.97. The summed E-state index contributed by atoms with van der Waals surface area (Å²) >= 11 is 0. The Kier molecular flexibility index (Phi) is 9.93. The highest BCUT2D eigenvalue weighted by Gasteiger charge is 2.34. The SMILES string of the molecule is COc1ccc(NC(=O)N(C)C[C@@H]2Oc3ncc(C#CCN(C)C)cc3C(=O)N([C@H](C)CO)C[C@@H]2C)cc1. The number of anilines is 1. The van der Waals surface area contributed by atoms with E-state index in [1.807, 2.05) is 25.9 Å². The molecule has 1 aromatic heterocycles. The van der Waals surface area contributed by atoms with E-state index in [1.54, 1.807) is 62.5 Å². The lowest BCUT2D eigenvalue weighted by atomic mass is 10.00. The third-order valence-electron chi connectivity index (χ3n) is 6.29. The number of hydrogen-bond donors (Lipinski definition) is 2. The van der Waals surface area contributed by atoms with Crippen LogP contribution in [-0.4, -0.2) is 103 Å². The monoisotopic (exact) mass is 523 g/mol. The zero-order valence-electron chi connectivity index (χ0n) is 22.9. The summed E-state index contributed by atoms with van der Waals surface area (Å²) in [4.78, 5) is 36.0. The number of aliphatic hydroxyl groups is 1. The molecular formula is C28H37N5O5. The number of methoxy groups -OCH3 is 1. The van der Waals surface area contributed by atoms with Crippen LogP contribution in [0.5, 0.6) is 11.6 Å². The lowest BCUT2D eigenvalue weighted by Gasteiger charge is -2.37. The van der Waals surface area contributed by atoms with Gasteiger partial charge >= 0.3 is 6.03 Å². The molecule has 3 atom stereocenters. The minimum Gasteiger partial charge on any atom is -0.497 e. The largest absolute Gasteiger partial charge is 0.497 e. The van der Waals surface area contributed by atoms with E-state index in [1.165, 1.54) is 4.90 Å². The van der Waals surface area contributed by atoms with Gasteiger partial charge in [-0.1, -0.05) is 18.8 Å². The Morgan fingerprint density at radius 2 is 2.03 bits per heavy atom. The third kappa shape index (κ3) is 7.37. The maximum Gasteiger partial charge on any atom is 0.321 e. The lowest BCUT2D eigenvalue weighted by molar-refractivity contribution is 0.0356. The van der Waals surface area contributed by atoms with E-state index in [0.717, 1.165) is 0 Å². The Labute approximate surface area is 224 Å². The van der Waals surface area contributed by atoms with Gasteiger partial charge in [-0.05, 0) is 51.4 Å². The Morgan fingerprint density at radius 1 is 1.32 bits per heavy atom. The molecule has 1 aliphatic rings. The number of hydrogen-bond acceptors (Lipinski definition) is 7. The molecule has 0 radical (unpaired) electrons. The van der Waals surface area contributed by atoms with Crippen LogP contribution in [0, 0.1) is 17.8 Å². The first kappa shape index (κ1) is 28.8. The number of ether oxygens (including phenoxy) is 2. The molecule has 1 aliphatic heterocycles. The van der Waals surface area contributed by atoms with Crippen molar-refractivity contribution in [2.24, 2.45) is 5.92 Å². The first-order chi connectivity index (χ1) is 18.1. The molecule has 2 N–H and O–H groups in total. The number of urea groups is 1. The van der Waals surface area contributed by atoms with Gasteiger partial charge in [0.1, 0.15) is 17.4 Å². The zero-order valence-corrected chi connectivity index (χ0v) is 22.9. The van der Waals surface area contributed by atoms with Gasteiger partial charge in [0.05, 0.1) is 32.8 Å². The number of rotatable bonds is 7. The van der Waals surface area contributed by atoms with Gasteiger partial charge in [0.15, 0.2) is 0 Å². The summed E-state index contributed by atoms with van der Waals surface area (Å²) in [6.07, 6.45) is 1.12. The normalized spacial score (nSPS) is 17.8. The third-order valence-corrected chi connectivity index (χ3v) is 6.29. The van der Waals surface area contributed by atoms with E-state index in [4.69, 9.17) is 9.47 Å². The summed E-state index contributed by atoms with van der Waals surface area (Å²) in [7, 11) is 7.12. The van der Waals surface area contributed by atoms with Crippen LogP contribution in [0.4, 0.5) is 10.5 Å². The molecule has 0 saturated carbocycles. The zero-order chi connectivity index (χ0) is 27.8. The van der Waals surface area contributed by atoms with Gasteiger partial charge in [0.25, 0.3) is 5.91 Å². The van der Waals surface area contributed by atoms with Crippen molar-refractivity contribution in [3.8, 4) is 23.5 Å². The van der Waals surface area contributed by atoms with Gasteiger partial charge in [-0.3, -0.25) is 9.69 Å². The summed E-state index contributed by atoms with van der Waals surface area (Å²) in [6.45, 7) is 4.74. The number of nitrogens with one attached hydrogen (secondary N) is 1. The number of likely N-dealkylation sites (N-methyl/N-ethyl adjacent to an activating group) is 1. The molecule has 0 saturated heterocycles. The van der Waals surface area contributed by atoms with Crippen LogP contribution in [0.3, 0.4) is 0 Å². The second-order valence-electron chi connectivity index (χ2n) is 9.78. The number of carbonyl (C=O) groups excluding carboxylic acids is 2. The Hall–Kier alpha value is -3.81. The second kappa shape index (κ2) is 13.1. The van der Waals surface area contributed by atoms with Gasteiger partial charge in [-0.2, -0.15) is 0 Å². The molecular weight excluding hydrogens is 486 g/mol. The van der Waals surface area contributed by atoms with Gasteiger partial charge in [-0.25, -0.2) is 9.78 Å². The Balaban J connectivity index is 1.84. The van der Waals surface area contributed by atoms with Crippen LogP contribution < -0.4 is 14.8 Å². The highest BCUT2D eigenvalue weighted by atomic mass is 16.5. The van der Waals surface area contributed by atoms with Crippen LogP contribution in [-0.2, 0) is 0 Å². The van der Waals surface area contributed by atoms with E-state index < -0.39 is 12.1 Å². The topological polar surface area (TPSA) is 107 Å². The van der Waals surface area contributed by atoms with Crippen LogP contribution in [0.15, 0.2) is 36.5 Å². The predicted octanol–water partition coefficient (Wildman–Crippen LogP) is 2.39. The number of benzene rings is 1. The highest BCUT2D eigenvalue weighted by Crippen LogP contribution is 2.27. The average molecular weight is 524 g/mol. The fraction of sp³-hybridized carbons (Fsp3) is 0.464. The standard InChI is InChI=1S/C28H37N5O5/c1-19-16-33(20(2)18-34)27(35)24-14-21(8-7-13-31(3)4)15-29-26(24)38-25(19)17-32(5)28(36)30-22-9-11-23(37-6)12-10-22/h9-12,14-15,19-20,25,34H,13,16-18H2,1-6H3,(H,30,36)/t19-,20+,25-/m0/s1. The summed E-state index contributed by atoms with van der Waals surface area (Å²) in [6, 6.07) is 8.03. The molecule has 3 rings (SSSR count). The molecule has 2 aromatic rings. The van der Waals surface area contributed by atoms with E-state index in [2.05, 4.69) is 22.1 Å². The summed E-state index contributed by atoms with van der Waals surface area (Å²) < 4.78 is 11.4.